The van der Waals surface area contributed by atoms with Gasteiger partial charge in [-0.25, -0.2) is 0 Å². The fourth-order valence-corrected chi connectivity index (χ4v) is 3.32. The van der Waals surface area contributed by atoms with Crippen molar-refractivity contribution < 1.29 is 4.79 Å². The van der Waals surface area contributed by atoms with Gasteiger partial charge in [0, 0.05) is 12.3 Å². The number of nitriles is 1. The van der Waals surface area contributed by atoms with Gasteiger partial charge in [-0.15, -0.1) is 0 Å². The summed E-state index contributed by atoms with van der Waals surface area (Å²) < 4.78 is 0. The van der Waals surface area contributed by atoms with E-state index in [-0.39, 0.29) is 5.92 Å². The summed E-state index contributed by atoms with van der Waals surface area (Å²) in [6, 6.07) is 2.24. The molecule has 2 rings (SSSR count). The number of hydrogen-bond acceptors (Lipinski definition) is 2. The third-order valence-corrected chi connectivity index (χ3v) is 3.83. The number of hydrogen-bond donors (Lipinski definition) is 0. The van der Waals surface area contributed by atoms with Crippen LogP contribution in [0, 0.1) is 35.0 Å². The first-order valence-corrected chi connectivity index (χ1v) is 5.09. The summed E-state index contributed by atoms with van der Waals surface area (Å²) in [5.41, 5.74) is 0. The predicted octanol–water partition coefficient (Wildman–Crippen LogP) is 2.15. The van der Waals surface area contributed by atoms with E-state index >= 15 is 0 Å². The Morgan fingerprint density at radius 1 is 1.46 bits per heavy atom. The Morgan fingerprint density at radius 3 is 2.77 bits per heavy atom. The molecule has 0 aromatic carbocycles. The minimum atomic E-state index is 0.289. The highest BCUT2D eigenvalue weighted by atomic mass is 16.1. The molecule has 2 fully saturated rings. The zero-order valence-electron chi connectivity index (χ0n) is 7.99. The van der Waals surface area contributed by atoms with Crippen LogP contribution in [-0.2, 0) is 4.79 Å². The maximum absolute atomic E-state index is 11.3. The highest BCUT2D eigenvalue weighted by Gasteiger charge is 2.47. The lowest BCUT2D eigenvalue weighted by molar-refractivity contribution is -0.122. The first-order chi connectivity index (χ1) is 6.22. The molecule has 2 bridgehead atoms. The van der Waals surface area contributed by atoms with Crippen molar-refractivity contribution in [3.05, 3.63) is 0 Å². The third-order valence-electron chi connectivity index (χ3n) is 3.83. The van der Waals surface area contributed by atoms with Gasteiger partial charge in [0.1, 0.15) is 5.78 Å². The van der Waals surface area contributed by atoms with E-state index in [1.807, 2.05) is 0 Å². The number of carbonyl (C=O) groups is 1. The Balaban J connectivity index is 2.07. The summed E-state index contributed by atoms with van der Waals surface area (Å²) in [7, 11) is 0. The van der Waals surface area contributed by atoms with Crippen LogP contribution >= 0.6 is 0 Å². The van der Waals surface area contributed by atoms with Crippen LogP contribution in [0.3, 0.4) is 0 Å². The Bertz CT molecular complexity index is 266. The van der Waals surface area contributed by atoms with Crippen molar-refractivity contribution in [2.75, 3.05) is 0 Å². The molecule has 2 aliphatic rings. The van der Waals surface area contributed by atoms with Crippen LogP contribution in [0.1, 0.15) is 32.6 Å². The summed E-state index contributed by atoms with van der Waals surface area (Å²) >= 11 is 0. The van der Waals surface area contributed by atoms with Gasteiger partial charge in [0.05, 0.1) is 6.07 Å². The average Bonchev–Trinajstić information content (AvgIpc) is 2.62. The Morgan fingerprint density at radius 2 is 2.23 bits per heavy atom. The lowest BCUT2D eigenvalue weighted by Gasteiger charge is -2.25. The number of ketones is 1. The Hall–Kier alpha value is -0.840. The number of rotatable bonds is 2. The smallest absolute Gasteiger partial charge is 0.133 e. The number of carbonyl (C=O) groups excluding carboxylic acids is 1. The maximum atomic E-state index is 11.3. The molecule has 0 unspecified atom stereocenters. The van der Waals surface area contributed by atoms with Crippen LogP contribution in [0.5, 0.6) is 0 Å². The highest BCUT2D eigenvalue weighted by molar-refractivity contribution is 5.79. The van der Waals surface area contributed by atoms with Crippen LogP contribution in [-0.4, -0.2) is 5.78 Å². The summed E-state index contributed by atoms with van der Waals surface area (Å²) in [4.78, 5) is 11.3. The molecule has 13 heavy (non-hydrogen) atoms. The van der Waals surface area contributed by atoms with Gasteiger partial charge in [-0.2, -0.15) is 5.26 Å². The van der Waals surface area contributed by atoms with E-state index < -0.39 is 0 Å². The molecule has 0 aliphatic heterocycles. The van der Waals surface area contributed by atoms with Crippen LogP contribution in [0.25, 0.3) is 0 Å². The van der Waals surface area contributed by atoms with Crippen molar-refractivity contribution in [2.45, 2.75) is 32.6 Å². The fraction of sp³-hybridized carbons (Fsp3) is 0.818. The number of nitrogens with zero attached hydrogens (tertiary/aromatic N) is 1. The molecular formula is C11H15NO. The Labute approximate surface area is 78.9 Å². The van der Waals surface area contributed by atoms with E-state index in [1.54, 1.807) is 6.92 Å². The third kappa shape index (κ3) is 1.37. The second-order valence-corrected chi connectivity index (χ2v) is 4.58. The first kappa shape index (κ1) is 8.74. The van der Waals surface area contributed by atoms with E-state index in [9.17, 15) is 4.79 Å². The summed E-state index contributed by atoms with van der Waals surface area (Å²) in [5.74, 6) is 2.45. The van der Waals surface area contributed by atoms with Crippen molar-refractivity contribution >= 4 is 5.78 Å². The van der Waals surface area contributed by atoms with Crippen LogP contribution in [0.2, 0.25) is 0 Å². The Kier molecular flexibility index (Phi) is 2.11. The largest absolute Gasteiger partial charge is 0.300 e. The molecular weight excluding hydrogens is 162 g/mol. The van der Waals surface area contributed by atoms with E-state index in [1.165, 1.54) is 12.8 Å². The van der Waals surface area contributed by atoms with Gasteiger partial charge in [0.25, 0.3) is 0 Å². The number of Topliss-reactive ketones (excluding diaryl/α,β-unsaturated/α-hetero) is 1. The van der Waals surface area contributed by atoms with Gasteiger partial charge in [0.2, 0.25) is 0 Å². The molecule has 0 spiro atoms. The summed E-state index contributed by atoms with van der Waals surface area (Å²) in [6.45, 7) is 1.70. The van der Waals surface area contributed by atoms with Crippen molar-refractivity contribution in [2.24, 2.45) is 23.7 Å². The zero-order valence-corrected chi connectivity index (χ0v) is 7.99. The molecule has 0 heterocycles. The predicted molar refractivity (Wildman–Crippen MR) is 48.7 cm³/mol. The SMILES string of the molecule is CC(=O)[C@H]1C[C@H]2C[C@@H](CC#N)[C@@H]1C2. The molecule has 2 nitrogen and oxygen atoms in total. The molecule has 70 valence electrons. The van der Waals surface area contributed by atoms with Crippen molar-refractivity contribution in [1.29, 1.82) is 5.26 Å². The fourth-order valence-electron chi connectivity index (χ4n) is 3.32. The molecule has 0 N–H and O–H groups in total. The van der Waals surface area contributed by atoms with Crippen molar-refractivity contribution in [1.82, 2.24) is 0 Å². The summed E-state index contributed by atoms with van der Waals surface area (Å²) in [6.07, 6.45) is 4.16. The molecule has 0 aromatic rings. The monoisotopic (exact) mass is 177 g/mol. The summed E-state index contributed by atoms with van der Waals surface area (Å²) in [5, 5.41) is 8.64. The van der Waals surface area contributed by atoms with Gasteiger partial charge in [-0.1, -0.05) is 0 Å². The van der Waals surface area contributed by atoms with E-state index in [4.69, 9.17) is 5.26 Å². The normalized spacial score (nSPS) is 41.8. The van der Waals surface area contributed by atoms with Gasteiger partial charge in [0.15, 0.2) is 0 Å². The van der Waals surface area contributed by atoms with Crippen LogP contribution in [0.15, 0.2) is 0 Å². The van der Waals surface area contributed by atoms with Crippen molar-refractivity contribution in [3.8, 4) is 6.07 Å². The van der Waals surface area contributed by atoms with Crippen molar-refractivity contribution in [3.63, 3.8) is 0 Å². The molecule has 4 atom stereocenters. The van der Waals surface area contributed by atoms with E-state index in [2.05, 4.69) is 6.07 Å². The minimum Gasteiger partial charge on any atom is -0.300 e. The second-order valence-electron chi connectivity index (χ2n) is 4.58. The first-order valence-electron chi connectivity index (χ1n) is 5.09. The topological polar surface area (TPSA) is 40.9 Å². The second kappa shape index (κ2) is 3.14. The molecule has 0 radical (unpaired) electrons. The van der Waals surface area contributed by atoms with Crippen LogP contribution < -0.4 is 0 Å². The minimum absolute atomic E-state index is 0.289. The molecule has 2 aliphatic carbocycles. The van der Waals surface area contributed by atoms with E-state index in [0.717, 1.165) is 12.3 Å². The molecule has 0 saturated heterocycles. The molecule has 2 heteroatoms. The van der Waals surface area contributed by atoms with Gasteiger partial charge >= 0.3 is 0 Å². The van der Waals surface area contributed by atoms with Gasteiger partial charge in [-0.05, 0) is 43.9 Å². The standard InChI is InChI=1S/C11H15NO/c1-7(13)10-5-8-4-9(2-3-12)11(10)6-8/h8-11H,2,4-6H2,1H3/t8-,9-,10-,11+/m1/s1. The lowest BCUT2D eigenvalue weighted by atomic mass is 9.77. The molecule has 2 saturated carbocycles. The lowest BCUT2D eigenvalue weighted by Crippen LogP contribution is -2.25. The van der Waals surface area contributed by atoms with E-state index in [0.29, 0.717) is 24.0 Å². The maximum Gasteiger partial charge on any atom is 0.133 e. The number of fused-ring (bicyclic) bond motifs is 2. The molecule has 0 amide bonds. The highest BCUT2D eigenvalue weighted by Crippen LogP contribution is 2.53. The van der Waals surface area contributed by atoms with Gasteiger partial charge < -0.3 is 0 Å². The quantitative estimate of drug-likeness (QED) is 0.648. The average molecular weight is 177 g/mol. The zero-order chi connectivity index (χ0) is 9.42. The van der Waals surface area contributed by atoms with Gasteiger partial charge in [-0.3, -0.25) is 4.79 Å². The molecule has 0 aromatic heterocycles. The van der Waals surface area contributed by atoms with Crippen LogP contribution in [0.4, 0.5) is 0 Å².